The number of amides is 1. The van der Waals surface area contributed by atoms with Gasteiger partial charge in [0.25, 0.3) is 0 Å². The van der Waals surface area contributed by atoms with Crippen molar-refractivity contribution in [2.45, 2.75) is 13.5 Å². The van der Waals surface area contributed by atoms with Gasteiger partial charge in [0.05, 0.1) is 7.11 Å². The molecule has 0 radical (unpaired) electrons. The van der Waals surface area contributed by atoms with Crippen LogP contribution in [-0.4, -0.2) is 27.8 Å². The Kier molecular flexibility index (Phi) is 5.39. The van der Waals surface area contributed by atoms with Gasteiger partial charge in [-0.1, -0.05) is 17.7 Å². The van der Waals surface area contributed by atoms with Gasteiger partial charge in [0.1, 0.15) is 12.3 Å². The van der Waals surface area contributed by atoms with Crippen LogP contribution in [0.5, 0.6) is 5.75 Å². The third-order valence-electron chi connectivity index (χ3n) is 3.95. The van der Waals surface area contributed by atoms with E-state index in [1.165, 1.54) is 0 Å². The summed E-state index contributed by atoms with van der Waals surface area (Å²) < 4.78 is 7.18. The van der Waals surface area contributed by atoms with Crippen LogP contribution in [0.4, 0.5) is 5.69 Å². The first-order chi connectivity index (χ1) is 12.5. The first-order valence-electron chi connectivity index (χ1n) is 7.84. The molecule has 0 saturated carbocycles. The normalized spacial score (nSPS) is 10.6. The Morgan fingerprint density at radius 3 is 2.73 bits per heavy atom. The van der Waals surface area contributed by atoms with Crippen LogP contribution >= 0.6 is 23.8 Å². The summed E-state index contributed by atoms with van der Waals surface area (Å²) in [4.78, 5) is 12.5. The Bertz CT molecular complexity index is 995. The number of benzene rings is 2. The van der Waals surface area contributed by atoms with E-state index in [9.17, 15) is 4.79 Å². The van der Waals surface area contributed by atoms with Gasteiger partial charge >= 0.3 is 0 Å². The molecule has 0 unspecified atom stereocenters. The first-order valence-corrected chi connectivity index (χ1v) is 8.63. The predicted octanol–water partition coefficient (Wildman–Crippen LogP) is 4.22. The Balaban J connectivity index is 1.83. The fraction of sp³-hybridized carbons (Fsp3) is 0.167. The number of methoxy groups -OCH3 is 1. The van der Waals surface area contributed by atoms with E-state index < -0.39 is 0 Å². The molecule has 0 spiro atoms. The molecule has 26 heavy (non-hydrogen) atoms. The highest BCUT2D eigenvalue weighted by molar-refractivity contribution is 7.71. The van der Waals surface area contributed by atoms with Gasteiger partial charge in [-0.3, -0.25) is 14.5 Å². The number of aromatic amines is 1. The quantitative estimate of drug-likeness (QED) is 0.642. The van der Waals surface area contributed by atoms with Crippen molar-refractivity contribution in [2.75, 3.05) is 12.4 Å². The average Bonchev–Trinajstić information content (AvgIpc) is 2.99. The molecular weight excluding hydrogens is 372 g/mol. The second-order valence-corrected chi connectivity index (χ2v) is 6.42. The standard InChI is InChI=1S/C18H17ClN4O2S/c1-11-14(19)4-3-5-15(11)20-16(24)10-23-17(21-22-18(23)26)12-6-8-13(25-2)9-7-12/h3-9H,10H2,1-2H3,(H,20,24)(H,22,26). The topological polar surface area (TPSA) is 71.9 Å². The SMILES string of the molecule is COc1ccc(-c2n[nH]c(=S)n2CC(=O)Nc2cccc(Cl)c2C)cc1. The molecule has 2 N–H and O–H groups in total. The largest absolute Gasteiger partial charge is 0.497 e. The number of anilines is 1. The summed E-state index contributed by atoms with van der Waals surface area (Å²) in [5.41, 5.74) is 2.31. The van der Waals surface area contributed by atoms with Crippen molar-refractivity contribution in [2.24, 2.45) is 0 Å². The molecule has 0 aliphatic heterocycles. The number of nitrogens with zero attached hydrogens (tertiary/aromatic N) is 2. The van der Waals surface area contributed by atoms with Crippen molar-refractivity contribution >= 4 is 35.4 Å². The minimum absolute atomic E-state index is 0.0304. The van der Waals surface area contributed by atoms with Gasteiger partial charge in [-0.2, -0.15) is 5.10 Å². The highest BCUT2D eigenvalue weighted by Crippen LogP contribution is 2.24. The van der Waals surface area contributed by atoms with Gasteiger partial charge in [-0.25, -0.2) is 0 Å². The summed E-state index contributed by atoms with van der Waals surface area (Å²) in [5, 5.41) is 10.4. The van der Waals surface area contributed by atoms with Crippen LogP contribution < -0.4 is 10.1 Å². The van der Waals surface area contributed by atoms with Crippen molar-refractivity contribution < 1.29 is 9.53 Å². The van der Waals surface area contributed by atoms with E-state index >= 15 is 0 Å². The molecule has 1 aromatic heterocycles. The fourth-order valence-electron chi connectivity index (χ4n) is 2.50. The van der Waals surface area contributed by atoms with Crippen molar-refractivity contribution in [3.05, 3.63) is 57.8 Å². The summed E-state index contributed by atoms with van der Waals surface area (Å²) in [6, 6.07) is 12.7. The first kappa shape index (κ1) is 18.2. The third kappa shape index (κ3) is 3.79. The van der Waals surface area contributed by atoms with Crippen molar-refractivity contribution in [3.8, 4) is 17.1 Å². The second kappa shape index (κ2) is 7.72. The molecule has 0 bridgehead atoms. The zero-order chi connectivity index (χ0) is 18.7. The Morgan fingerprint density at radius 2 is 2.04 bits per heavy atom. The molecule has 0 aliphatic rings. The van der Waals surface area contributed by atoms with Crippen LogP contribution in [0.3, 0.4) is 0 Å². The van der Waals surface area contributed by atoms with E-state index in [-0.39, 0.29) is 12.5 Å². The minimum atomic E-state index is -0.220. The fourth-order valence-corrected chi connectivity index (χ4v) is 2.87. The molecule has 0 atom stereocenters. The number of aromatic nitrogens is 3. The summed E-state index contributed by atoms with van der Waals surface area (Å²) in [7, 11) is 1.60. The molecule has 6 nitrogen and oxygen atoms in total. The maximum Gasteiger partial charge on any atom is 0.244 e. The molecule has 0 fully saturated rings. The van der Waals surface area contributed by atoms with E-state index in [1.54, 1.807) is 29.9 Å². The highest BCUT2D eigenvalue weighted by Gasteiger charge is 2.14. The van der Waals surface area contributed by atoms with Crippen LogP contribution in [0.25, 0.3) is 11.4 Å². The number of H-pyrrole nitrogens is 1. The van der Waals surface area contributed by atoms with Crippen molar-refractivity contribution in [1.82, 2.24) is 14.8 Å². The number of ether oxygens (including phenoxy) is 1. The van der Waals surface area contributed by atoms with Crippen LogP contribution in [-0.2, 0) is 11.3 Å². The van der Waals surface area contributed by atoms with E-state index in [4.69, 9.17) is 28.6 Å². The molecule has 1 heterocycles. The Labute approximate surface area is 160 Å². The lowest BCUT2D eigenvalue weighted by Gasteiger charge is -2.11. The van der Waals surface area contributed by atoms with Crippen LogP contribution in [0, 0.1) is 11.7 Å². The van der Waals surface area contributed by atoms with Crippen LogP contribution in [0.15, 0.2) is 42.5 Å². The van der Waals surface area contributed by atoms with E-state index in [2.05, 4.69) is 15.5 Å². The minimum Gasteiger partial charge on any atom is -0.497 e. The van der Waals surface area contributed by atoms with Crippen molar-refractivity contribution in [1.29, 1.82) is 0 Å². The van der Waals surface area contributed by atoms with Gasteiger partial charge in [0.2, 0.25) is 5.91 Å². The Hall–Kier alpha value is -2.64. The summed E-state index contributed by atoms with van der Waals surface area (Å²) in [5.74, 6) is 1.10. The third-order valence-corrected chi connectivity index (χ3v) is 4.67. The van der Waals surface area contributed by atoms with Crippen LogP contribution in [0.2, 0.25) is 5.02 Å². The van der Waals surface area contributed by atoms with E-state index in [0.29, 0.717) is 21.3 Å². The molecule has 0 aliphatic carbocycles. The van der Waals surface area contributed by atoms with Gasteiger partial charge in [0, 0.05) is 16.3 Å². The number of rotatable bonds is 5. The number of carbonyl (C=O) groups is 1. The van der Waals surface area contributed by atoms with Gasteiger partial charge in [-0.05, 0) is 61.1 Å². The lowest BCUT2D eigenvalue weighted by atomic mass is 10.2. The number of hydrogen-bond donors (Lipinski definition) is 2. The number of hydrogen-bond acceptors (Lipinski definition) is 4. The predicted molar refractivity (Wildman–Crippen MR) is 104 cm³/mol. The molecule has 1 amide bonds. The highest BCUT2D eigenvalue weighted by atomic mass is 35.5. The smallest absolute Gasteiger partial charge is 0.244 e. The molecule has 2 aromatic carbocycles. The van der Waals surface area contributed by atoms with Gasteiger partial charge in [0.15, 0.2) is 10.6 Å². The number of carbonyl (C=O) groups excluding carboxylic acids is 1. The summed E-state index contributed by atoms with van der Waals surface area (Å²) in [6.07, 6.45) is 0. The monoisotopic (exact) mass is 388 g/mol. The molecule has 3 rings (SSSR count). The zero-order valence-electron chi connectivity index (χ0n) is 14.2. The molecule has 8 heteroatoms. The van der Waals surface area contributed by atoms with E-state index in [0.717, 1.165) is 16.9 Å². The zero-order valence-corrected chi connectivity index (χ0v) is 15.8. The van der Waals surface area contributed by atoms with E-state index in [1.807, 2.05) is 31.2 Å². The van der Waals surface area contributed by atoms with Gasteiger partial charge in [-0.15, -0.1) is 0 Å². The average molecular weight is 389 g/mol. The molecule has 3 aromatic rings. The molecular formula is C18H17ClN4O2S. The lowest BCUT2D eigenvalue weighted by Crippen LogP contribution is -2.20. The molecule has 0 saturated heterocycles. The molecule has 134 valence electrons. The number of nitrogens with one attached hydrogen (secondary N) is 2. The maximum absolute atomic E-state index is 12.5. The second-order valence-electron chi connectivity index (χ2n) is 5.63. The Morgan fingerprint density at radius 1 is 1.31 bits per heavy atom. The van der Waals surface area contributed by atoms with Crippen molar-refractivity contribution in [3.63, 3.8) is 0 Å². The van der Waals surface area contributed by atoms with Crippen LogP contribution in [0.1, 0.15) is 5.56 Å². The summed E-state index contributed by atoms with van der Waals surface area (Å²) >= 11 is 11.4. The lowest BCUT2D eigenvalue weighted by molar-refractivity contribution is -0.116. The number of halogens is 1. The summed E-state index contributed by atoms with van der Waals surface area (Å²) in [6.45, 7) is 1.88. The van der Waals surface area contributed by atoms with Gasteiger partial charge < -0.3 is 10.1 Å². The maximum atomic E-state index is 12.5.